The Labute approximate surface area is 215 Å². The number of methoxy groups -OCH3 is 2. The summed E-state index contributed by atoms with van der Waals surface area (Å²) in [6.07, 6.45) is 6.61. The van der Waals surface area contributed by atoms with Gasteiger partial charge in [0, 0.05) is 30.1 Å². The highest BCUT2D eigenvalue weighted by Crippen LogP contribution is 2.36. The van der Waals surface area contributed by atoms with E-state index in [1.165, 1.54) is 30.4 Å². The molecule has 2 aromatic heterocycles. The van der Waals surface area contributed by atoms with E-state index in [1.807, 2.05) is 16.8 Å². The molecule has 0 saturated heterocycles. The van der Waals surface area contributed by atoms with Gasteiger partial charge in [-0.2, -0.15) is 0 Å². The minimum Gasteiger partial charge on any atom is -0.493 e. The van der Waals surface area contributed by atoms with Crippen LogP contribution in [-0.2, 0) is 13.0 Å². The van der Waals surface area contributed by atoms with Gasteiger partial charge >= 0.3 is 0 Å². The lowest BCUT2D eigenvalue weighted by Gasteiger charge is -2.35. The van der Waals surface area contributed by atoms with Crippen LogP contribution in [0.2, 0.25) is 0 Å². The van der Waals surface area contributed by atoms with Crippen LogP contribution in [0.4, 0.5) is 0 Å². The van der Waals surface area contributed by atoms with Gasteiger partial charge in [0.05, 0.1) is 25.8 Å². The van der Waals surface area contributed by atoms with Crippen LogP contribution in [0.25, 0.3) is 10.9 Å². The quantitative estimate of drug-likeness (QED) is 0.424. The van der Waals surface area contributed by atoms with Crippen LogP contribution in [0, 0.1) is 0 Å². The number of fused-ring (bicyclic) bond motifs is 2. The van der Waals surface area contributed by atoms with Crippen LogP contribution >= 0.6 is 0 Å². The maximum Gasteiger partial charge on any atom is 0.253 e. The number of tetrazole rings is 1. The maximum atomic E-state index is 13.7. The number of H-pyrrole nitrogens is 1. The first-order valence-corrected chi connectivity index (χ1v) is 13.0. The molecule has 4 aromatic rings. The molecule has 0 spiro atoms. The van der Waals surface area contributed by atoms with Gasteiger partial charge in [-0.1, -0.05) is 43.5 Å². The summed E-state index contributed by atoms with van der Waals surface area (Å²) in [5.74, 6) is 1.92. The molecule has 1 aliphatic heterocycles. The van der Waals surface area contributed by atoms with Crippen LogP contribution in [0.15, 0.2) is 47.3 Å². The molecule has 192 valence electrons. The van der Waals surface area contributed by atoms with Gasteiger partial charge in [-0.3, -0.25) is 9.69 Å². The van der Waals surface area contributed by atoms with E-state index in [0.717, 1.165) is 43.6 Å². The second-order valence-corrected chi connectivity index (χ2v) is 10.0. The molecule has 2 aliphatic rings. The molecule has 1 saturated carbocycles. The van der Waals surface area contributed by atoms with Crippen molar-refractivity contribution in [2.45, 2.75) is 57.2 Å². The number of aromatic amines is 1. The Balaban J connectivity index is 1.50. The monoisotopic (exact) mass is 500 g/mol. The molecule has 1 fully saturated rings. The van der Waals surface area contributed by atoms with Crippen molar-refractivity contribution in [1.82, 2.24) is 30.1 Å². The zero-order valence-corrected chi connectivity index (χ0v) is 21.3. The molecule has 1 N–H and O–H groups in total. The highest BCUT2D eigenvalue weighted by Gasteiger charge is 2.34. The number of nitrogens with zero attached hydrogens (tertiary/aromatic N) is 5. The van der Waals surface area contributed by atoms with Crippen molar-refractivity contribution in [3.8, 4) is 11.5 Å². The van der Waals surface area contributed by atoms with E-state index in [2.05, 4.69) is 49.7 Å². The highest BCUT2D eigenvalue weighted by molar-refractivity contribution is 5.83. The molecule has 1 atom stereocenters. The molecule has 2 aromatic carbocycles. The smallest absolute Gasteiger partial charge is 0.253 e. The number of pyridine rings is 1. The molecule has 9 heteroatoms. The van der Waals surface area contributed by atoms with E-state index >= 15 is 0 Å². The number of hydrogen-bond donors (Lipinski definition) is 1. The molecule has 0 amide bonds. The summed E-state index contributed by atoms with van der Waals surface area (Å²) >= 11 is 0. The molecular weight excluding hydrogens is 468 g/mol. The van der Waals surface area contributed by atoms with Crippen molar-refractivity contribution in [3.05, 3.63) is 75.3 Å². The topological polar surface area (TPSA) is 98.2 Å². The average molecular weight is 501 g/mol. The van der Waals surface area contributed by atoms with Gasteiger partial charge in [0.15, 0.2) is 17.3 Å². The lowest BCUT2D eigenvalue weighted by atomic mass is 9.94. The molecule has 6 rings (SSSR count). The van der Waals surface area contributed by atoms with Gasteiger partial charge in [0.25, 0.3) is 5.56 Å². The van der Waals surface area contributed by atoms with E-state index in [1.54, 1.807) is 20.3 Å². The number of rotatable bonds is 6. The summed E-state index contributed by atoms with van der Waals surface area (Å²) in [6, 6.07) is 14.1. The van der Waals surface area contributed by atoms with Crippen LogP contribution < -0.4 is 15.0 Å². The van der Waals surface area contributed by atoms with Gasteiger partial charge in [-0.15, -0.1) is 5.10 Å². The minimum absolute atomic E-state index is 0.151. The first-order chi connectivity index (χ1) is 18.2. The number of aromatic nitrogens is 5. The Hall–Kier alpha value is -3.72. The van der Waals surface area contributed by atoms with E-state index in [-0.39, 0.29) is 17.6 Å². The Morgan fingerprint density at radius 2 is 1.76 bits per heavy atom. The van der Waals surface area contributed by atoms with Crippen LogP contribution in [-0.4, -0.2) is 50.9 Å². The zero-order valence-electron chi connectivity index (χ0n) is 21.3. The predicted molar refractivity (Wildman–Crippen MR) is 140 cm³/mol. The highest BCUT2D eigenvalue weighted by atomic mass is 16.5. The number of nitrogens with one attached hydrogen (secondary N) is 1. The molecule has 9 nitrogen and oxygen atoms in total. The summed E-state index contributed by atoms with van der Waals surface area (Å²) in [7, 11) is 3.20. The third-order valence-corrected chi connectivity index (χ3v) is 7.88. The van der Waals surface area contributed by atoms with E-state index in [4.69, 9.17) is 9.47 Å². The van der Waals surface area contributed by atoms with Gasteiger partial charge in [0.2, 0.25) is 0 Å². The van der Waals surface area contributed by atoms with Crippen molar-refractivity contribution in [2.24, 2.45) is 0 Å². The summed E-state index contributed by atoms with van der Waals surface area (Å²) in [5.41, 5.74) is 3.81. The molecule has 1 unspecified atom stereocenters. The Morgan fingerprint density at radius 3 is 2.54 bits per heavy atom. The lowest BCUT2D eigenvalue weighted by molar-refractivity contribution is 0.187. The summed E-state index contributed by atoms with van der Waals surface area (Å²) in [5, 5.41) is 14.0. The molecule has 3 heterocycles. The third-order valence-electron chi connectivity index (χ3n) is 7.88. The first-order valence-electron chi connectivity index (χ1n) is 13.0. The fourth-order valence-electron chi connectivity index (χ4n) is 5.96. The number of ether oxygens (including phenoxy) is 2. The van der Waals surface area contributed by atoms with Crippen LogP contribution in [0.5, 0.6) is 11.5 Å². The Morgan fingerprint density at radius 1 is 1.00 bits per heavy atom. The molecular formula is C28H32N6O3. The standard InChI is InChI=1S/C28H32N6O3/c1-36-24-15-20-14-22(28(35)29-23(20)16-25(24)37-2)26(33-13-12-18-8-6-7-9-19(18)17-33)27-30-31-32-34(27)21-10-4-3-5-11-21/h6-9,14-16,21,26H,3-5,10-13,17H2,1-2H3,(H,29,35). The summed E-state index contributed by atoms with van der Waals surface area (Å²) in [4.78, 5) is 19.1. The van der Waals surface area contributed by atoms with Gasteiger partial charge in [-0.25, -0.2) is 4.68 Å². The first kappa shape index (κ1) is 23.7. The van der Waals surface area contributed by atoms with E-state index in [0.29, 0.717) is 22.6 Å². The largest absolute Gasteiger partial charge is 0.493 e. The third kappa shape index (κ3) is 4.37. The molecule has 0 bridgehead atoms. The second-order valence-electron chi connectivity index (χ2n) is 10.0. The summed E-state index contributed by atoms with van der Waals surface area (Å²) in [6.45, 7) is 1.53. The lowest BCUT2D eigenvalue weighted by Crippen LogP contribution is -2.39. The summed E-state index contributed by atoms with van der Waals surface area (Å²) < 4.78 is 13.0. The number of benzene rings is 2. The van der Waals surface area contributed by atoms with Crippen LogP contribution in [0.3, 0.4) is 0 Å². The van der Waals surface area contributed by atoms with Crippen molar-refractivity contribution in [3.63, 3.8) is 0 Å². The number of hydrogen-bond acceptors (Lipinski definition) is 7. The Bertz CT molecular complexity index is 1470. The molecule has 37 heavy (non-hydrogen) atoms. The van der Waals surface area contributed by atoms with Gasteiger partial charge in [0.1, 0.15) is 6.04 Å². The maximum absolute atomic E-state index is 13.7. The second kappa shape index (κ2) is 9.97. The van der Waals surface area contributed by atoms with E-state index in [9.17, 15) is 4.79 Å². The van der Waals surface area contributed by atoms with Gasteiger partial charge < -0.3 is 14.5 Å². The van der Waals surface area contributed by atoms with Crippen molar-refractivity contribution in [2.75, 3.05) is 20.8 Å². The van der Waals surface area contributed by atoms with Crippen molar-refractivity contribution in [1.29, 1.82) is 0 Å². The van der Waals surface area contributed by atoms with Crippen molar-refractivity contribution < 1.29 is 9.47 Å². The fraction of sp³-hybridized carbons (Fsp3) is 0.429. The molecule has 1 aliphatic carbocycles. The normalized spacial score (nSPS) is 17.5. The zero-order chi connectivity index (χ0) is 25.4. The fourth-order valence-corrected chi connectivity index (χ4v) is 5.96. The van der Waals surface area contributed by atoms with Gasteiger partial charge in [-0.05, 0) is 52.9 Å². The Kier molecular flexibility index (Phi) is 6.38. The minimum atomic E-state index is -0.383. The predicted octanol–water partition coefficient (Wildman–Crippen LogP) is 4.18. The molecule has 0 radical (unpaired) electrons. The SMILES string of the molecule is COc1cc2cc(C(c3nnnn3C3CCCCC3)N3CCc4ccccc4C3)c(=O)[nH]c2cc1OC. The average Bonchev–Trinajstić information content (AvgIpc) is 3.42. The van der Waals surface area contributed by atoms with Crippen molar-refractivity contribution >= 4 is 10.9 Å². The van der Waals surface area contributed by atoms with Crippen LogP contribution in [0.1, 0.15) is 66.7 Å². The van der Waals surface area contributed by atoms with E-state index < -0.39 is 0 Å².